The third kappa shape index (κ3) is 2.72. The van der Waals surface area contributed by atoms with Gasteiger partial charge in [0, 0.05) is 26.6 Å². The van der Waals surface area contributed by atoms with E-state index in [9.17, 15) is 5.11 Å². The van der Waals surface area contributed by atoms with Gasteiger partial charge in [0.1, 0.15) is 0 Å². The van der Waals surface area contributed by atoms with E-state index in [-0.39, 0.29) is 11.5 Å². The summed E-state index contributed by atoms with van der Waals surface area (Å²) < 4.78 is 1.12. The van der Waals surface area contributed by atoms with Gasteiger partial charge in [-0.25, -0.2) is 0 Å². The molecule has 1 aliphatic carbocycles. The Kier molecular flexibility index (Phi) is 4.29. The molecular formula is C17H19BrOS. The monoisotopic (exact) mass is 350 g/mol. The van der Waals surface area contributed by atoms with E-state index >= 15 is 0 Å². The lowest BCUT2D eigenvalue weighted by Crippen LogP contribution is -2.38. The number of aliphatic hydroxyl groups is 1. The van der Waals surface area contributed by atoms with E-state index in [1.54, 1.807) is 11.3 Å². The van der Waals surface area contributed by atoms with Crippen LogP contribution in [0.5, 0.6) is 0 Å². The molecule has 0 bridgehead atoms. The van der Waals surface area contributed by atoms with Crippen molar-refractivity contribution in [1.82, 2.24) is 0 Å². The van der Waals surface area contributed by atoms with Crippen molar-refractivity contribution in [2.75, 3.05) is 0 Å². The third-order valence-electron chi connectivity index (χ3n) is 4.50. The Morgan fingerprint density at radius 1 is 1.20 bits per heavy atom. The lowest BCUT2D eigenvalue weighted by Gasteiger charge is -2.35. The fraction of sp³-hybridized carbons (Fsp3) is 0.412. The molecule has 1 nitrogen and oxygen atoms in total. The van der Waals surface area contributed by atoms with Crippen molar-refractivity contribution in [3.63, 3.8) is 0 Å². The first-order chi connectivity index (χ1) is 9.71. The average Bonchev–Trinajstić information content (AvgIpc) is 3.10. The number of hydrogen-bond donors (Lipinski definition) is 1. The van der Waals surface area contributed by atoms with Crippen molar-refractivity contribution in [2.24, 2.45) is 0 Å². The van der Waals surface area contributed by atoms with Crippen molar-refractivity contribution in [2.45, 2.75) is 43.6 Å². The molecule has 0 aliphatic heterocycles. The number of aliphatic hydroxyl groups excluding tert-OH is 1. The zero-order valence-electron chi connectivity index (χ0n) is 11.4. The number of hydrogen-bond acceptors (Lipinski definition) is 2. The lowest BCUT2D eigenvalue weighted by molar-refractivity contribution is 0.0833. The molecule has 3 rings (SSSR count). The van der Waals surface area contributed by atoms with Gasteiger partial charge in [-0.1, -0.05) is 43.2 Å². The van der Waals surface area contributed by atoms with Crippen LogP contribution in [0.4, 0.5) is 0 Å². The van der Waals surface area contributed by atoms with E-state index in [4.69, 9.17) is 0 Å². The van der Waals surface area contributed by atoms with Crippen LogP contribution in [-0.2, 0) is 11.8 Å². The minimum Gasteiger partial charge on any atom is -0.392 e. The van der Waals surface area contributed by atoms with Gasteiger partial charge in [-0.05, 0) is 40.4 Å². The van der Waals surface area contributed by atoms with Crippen molar-refractivity contribution in [1.29, 1.82) is 0 Å². The molecule has 3 heteroatoms. The van der Waals surface area contributed by atoms with Gasteiger partial charge >= 0.3 is 0 Å². The highest BCUT2D eigenvalue weighted by molar-refractivity contribution is 9.10. The molecule has 0 saturated heterocycles. The molecule has 1 aromatic carbocycles. The predicted molar refractivity (Wildman–Crippen MR) is 88.3 cm³/mol. The molecule has 1 unspecified atom stereocenters. The van der Waals surface area contributed by atoms with Crippen molar-refractivity contribution < 1.29 is 5.11 Å². The maximum Gasteiger partial charge on any atom is 0.0684 e. The van der Waals surface area contributed by atoms with Crippen LogP contribution in [0.1, 0.15) is 36.1 Å². The van der Waals surface area contributed by atoms with E-state index in [1.807, 2.05) is 0 Å². The number of rotatable bonds is 4. The number of thiophene rings is 1. The molecule has 0 radical (unpaired) electrons. The topological polar surface area (TPSA) is 20.2 Å². The summed E-state index contributed by atoms with van der Waals surface area (Å²) in [6.07, 6.45) is 5.11. The van der Waals surface area contributed by atoms with Gasteiger partial charge in [0.15, 0.2) is 0 Å². The first-order valence-electron chi connectivity index (χ1n) is 7.17. The minimum absolute atomic E-state index is 0.0439. The molecule has 0 amide bonds. The van der Waals surface area contributed by atoms with Gasteiger partial charge in [-0.2, -0.15) is 0 Å². The first kappa shape index (κ1) is 14.3. The van der Waals surface area contributed by atoms with Crippen LogP contribution in [0.2, 0.25) is 0 Å². The predicted octanol–water partition coefficient (Wildman–Crippen LogP) is 4.93. The molecule has 1 saturated carbocycles. The summed E-state index contributed by atoms with van der Waals surface area (Å²) in [6.45, 7) is 0. The molecule has 106 valence electrons. The molecule has 0 spiro atoms. The summed E-state index contributed by atoms with van der Waals surface area (Å²) in [7, 11) is 0. The van der Waals surface area contributed by atoms with Gasteiger partial charge < -0.3 is 5.11 Å². The molecular weight excluding hydrogens is 332 g/mol. The summed E-state index contributed by atoms with van der Waals surface area (Å²) in [5, 5.41) is 13.0. The van der Waals surface area contributed by atoms with E-state index in [0.29, 0.717) is 0 Å². The third-order valence-corrected chi connectivity index (χ3v) is 6.22. The highest BCUT2D eigenvalue weighted by atomic mass is 79.9. The van der Waals surface area contributed by atoms with E-state index in [0.717, 1.165) is 23.7 Å². The van der Waals surface area contributed by atoms with Gasteiger partial charge in [0.2, 0.25) is 0 Å². The van der Waals surface area contributed by atoms with Crippen LogP contribution in [0, 0.1) is 0 Å². The molecule has 1 atom stereocenters. The Bertz CT molecular complexity index is 557. The van der Waals surface area contributed by atoms with Gasteiger partial charge in [0.05, 0.1) is 6.10 Å². The molecule has 1 fully saturated rings. The standard InChI is InChI=1S/C17H19BrOS/c18-14-10-15(20-12-14)11-16(19)17(8-4-5-9-17)13-6-2-1-3-7-13/h1-3,6-7,10,12,16,19H,4-5,8-9,11H2. The SMILES string of the molecule is OC(Cc1cc(Br)cs1)C1(c2ccccc2)CCCC1. The maximum absolute atomic E-state index is 10.9. The maximum atomic E-state index is 10.9. The molecule has 1 aliphatic rings. The Hall–Kier alpha value is -0.640. The second kappa shape index (κ2) is 6.00. The van der Waals surface area contributed by atoms with Crippen molar-refractivity contribution in [3.05, 3.63) is 56.7 Å². The molecule has 1 aromatic heterocycles. The van der Waals surface area contributed by atoms with Crippen LogP contribution in [0.15, 0.2) is 46.3 Å². The molecule has 2 aromatic rings. The molecule has 1 N–H and O–H groups in total. The Labute approximate surface area is 132 Å². The lowest BCUT2D eigenvalue weighted by atomic mass is 9.73. The number of halogens is 1. The summed E-state index contributed by atoms with van der Waals surface area (Å²) in [5.41, 5.74) is 1.26. The fourth-order valence-corrected chi connectivity index (χ4v) is 4.93. The van der Waals surface area contributed by atoms with Gasteiger partial charge in [0.25, 0.3) is 0 Å². The largest absolute Gasteiger partial charge is 0.392 e. The zero-order valence-corrected chi connectivity index (χ0v) is 13.8. The van der Waals surface area contributed by atoms with Crippen LogP contribution in [-0.4, -0.2) is 11.2 Å². The summed E-state index contributed by atoms with van der Waals surface area (Å²) in [4.78, 5) is 1.26. The smallest absolute Gasteiger partial charge is 0.0684 e. The summed E-state index contributed by atoms with van der Waals surface area (Å²) >= 11 is 5.22. The van der Waals surface area contributed by atoms with Gasteiger partial charge in [-0.3, -0.25) is 0 Å². The van der Waals surface area contributed by atoms with Crippen LogP contribution in [0.3, 0.4) is 0 Å². The highest BCUT2D eigenvalue weighted by Crippen LogP contribution is 2.45. The highest BCUT2D eigenvalue weighted by Gasteiger charge is 2.41. The van der Waals surface area contributed by atoms with E-state index < -0.39 is 0 Å². The van der Waals surface area contributed by atoms with E-state index in [2.05, 4.69) is 57.7 Å². The summed E-state index contributed by atoms with van der Waals surface area (Å²) in [6, 6.07) is 12.7. The second-order valence-corrected chi connectivity index (χ2v) is 7.59. The Morgan fingerprint density at radius 2 is 1.90 bits per heavy atom. The minimum atomic E-state index is -0.294. The number of benzene rings is 1. The van der Waals surface area contributed by atoms with Crippen LogP contribution in [0.25, 0.3) is 0 Å². The Balaban J connectivity index is 1.87. The van der Waals surface area contributed by atoms with Crippen molar-refractivity contribution >= 4 is 27.3 Å². The van der Waals surface area contributed by atoms with E-state index in [1.165, 1.54) is 23.3 Å². The summed E-state index contributed by atoms with van der Waals surface area (Å²) in [5.74, 6) is 0. The van der Waals surface area contributed by atoms with Crippen LogP contribution >= 0.6 is 27.3 Å². The molecule has 20 heavy (non-hydrogen) atoms. The zero-order chi connectivity index (χ0) is 14.0. The Morgan fingerprint density at radius 3 is 2.50 bits per heavy atom. The quantitative estimate of drug-likeness (QED) is 0.828. The van der Waals surface area contributed by atoms with Crippen LogP contribution < -0.4 is 0 Å². The molecule has 1 heterocycles. The average molecular weight is 351 g/mol. The van der Waals surface area contributed by atoms with Crippen molar-refractivity contribution in [3.8, 4) is 0 Å². The normalized spacial score (nSPS) is 19.1. The fourth-order valence-electron chi connectivity index (χ4n) is 3.44. The second-order valence-electron chi connectivity index (χ2n) is 5.68. The van der Waals surface area contributed by atoms with Gasteiger partial charge in [-0.15, -0.1) is 11.3 Å². The first-order valence-corrected chi connectivity index (χ1v) is 8.84.